The molecule has 0 spiro atoms. The maximum atomic E-state index is 13.5. The number of carbonyl (C=O) groups is 2. The number of rotatable bonds is 5. The van der Waals surface area contributed by atoms with Crippen LogP contribution in [0.3, 0.4) is 0 Å². The normalized spacial score (nSPS) is 14.5. The van der Waals surface area contributed by atoms with Gasteiger partial charge in [0.25, 0.3) is 5.91 Å². The highest BCUT2D eigenvalue weighted by Crippen LogP contribution is 2.52. The van der Waals surface area contributed by atoms with E-state index >= 15 is 0 Å². The smallest absolute Gasteiger partial charge is 0.438 e. The van der Waals surface area contributed by atoms with Crippen molar-refractivity contribution in [2.24, 2.45) is 5.41 Å². The van der Waals surface area contributed by atoms with Crippen LogP contribution in [0.15, 0.2) is 60.7 Å². The van der Waals surface area contributed by atoms with Crippen molar-refractivity contribution in [1.82, 2.24) is 20.1 Å². The van der Waals surface area contributed by atoms with Gasteiger partial charge in [-0.25, -0.2) is 4.98 Å². The Balaban J connectivity index is 1.49. The van der Waals surface area contributed by atoms with Gasteiger partial charge < -0.3 is 15.0 Å². The molecule has 0 fully saturated rings. The molecule has 40 heavy (non-hydrogen) atoms. The van der Waals surface area contributed by atoms with Crippen LogP contribution in [0.4, 0.5) is 18.3 Å². The predicted molar refractivity (Wildman–Crippen MR) is 143 cm³/mol. The second-order valence-corrected chi connectivity index (χ2v) is 11.0. The molecule has 0 unspecified atom stereocenters. The highest BCUT2D eigenvalue weighted by Gasteiger charge is 2.44. The van der Waals surface area contributed by atoms with Crippen LogP contribution < -0.4 is 10.1 Å². The van der Waals surface area contributed by atoms with Crippen molar-refractivity contribution in [2.75, 3.05) is 19.4 Å². The number of nitrogens with one attached hydrogen (secondary N) is 1. The lowest BCUT2D eigenvalue weighted by atomic mass is 9.69. The van der Waals surface area contributed by atoms with E-state index in [1.54, 1.807) is 70.4 Å². The summed E-state index contributed by atoms with van der Waals surface area (Å²) in [5.74, 6) is -0.353. The van der Waals surface area contributed by atoms with Crippen molar-refractivity contribution in [3.05, 3.63) is 82.4 Å². The molecule has 8 nitrogen and oxygen atoms in total. The summed E-state index contributed by atoms with van der Waals surface area (Å²) in [6, 6.07) is 17.9. The van der Waals surface area contributed by atoms with Crippen LogP contribution in [0.25, 0.3) is 11.3 Å². The third-order valence-electron chi connectivity index (χ3n) is 6.67. The number of amides is 2. The predicted octanol–water partition coefficient (Wildman–Crippen LogP) is 6.22. The molecule has 0 saturated heterocycles. The fraction of sp³-hybridized carbons (Fsp3) is 0.250. The molecule has 206 valence electrons. The van der Waals surface area contributed by atoms with Gasteiger partial charge in [0.2, 0.25) is 21.9 Å². The van der Waals surface area contributed by atoms with E-state index in [0.29, 0.717) is 28.5 Å². The van der Waals surface area contributed by atoms with Gasteiger partial charge in [-0.1, -0.05) is 61.6 Å². The summed E-state index contributed by atoms with van der Waals surface area (Å²) < 4.78 is 45.1. The molecule has 1 atom stereocenters. The molecule has 5 rings (SSSR count). The lowest BCUT2D eigenvalue weighted by molar-refractivity contribution is -0.138. The van der Waals surface area contributed by atoms with Gasteiger partial charge in [0.05, 0.1) is 11.1 Å². The van der Waals surface area contributed by atoms with Gasteiger partial charge in [0, 0.05) is 42.3 Å². The van der Waals surface area contributed by atoms with Crippen molar-refractivity contribution in [2.45, 2.75) is 25.9 Å². The van der Waals surface area contributed by atoms with Crippen LogP contribution in [-0.4, -0.2) is 46.0 Å². The Morgan fingerprint density at radius 3 is 2.30 bits per heavy atom. The minimum atomic E-state index is -4.65. The average Bonchev–Trinajstić information content (AvgIpc) is 3.40. The minimum Gasteiger partial charge on any atom is -0.438 e. The quantitative estimate of drug-likeness (QED) is 0.307. The maximum Gasteiger partial charge on any atom is 0.445 e. The number of ether oxygens (including phenoxy) is 1. The number of alkyl halides is 3. The third-order valence-corrected chi connectivity index (χ3v) is 7.55. The van der Waals surface area contributed by atoms with E-state index in [1.165, 1.54) is 4.90 Å². The molecule has 2 aromatic carbocycles. The fourth-order valence-electron chi connectivity index (χ4n) is 4.59. The van der Waals surface area contributed by atoms with Gasteiger partial charge in [0.1, 0.15) is 5.75 Å². The van der Waals surface area contributed by atoms with Crippen molar-refractivity contribution in [3.63, 3.8) is 0 Å². The van der Waals surface area contributed by atoms with Crippen molar-refractivity contribution in [3.8, 4) is 22.9 Å². The van der Waals surface area contributed by atoms with Crippen LogP contribution in [0, 0.1) is 5.41 Å². The third kappa shape index (κ3) is 5.02. The molecule has 2 amide bonds. The summed E-state index contributed by atoms with van der Waals surface area (Å²) >= 11 is 0.266. The Kier molecular flexibility index (Phi) is 6.82. The Morgan fingerprint density at radius 2 is 1.65 bits per heavy atom. The largest absolute Gasteiger partial charge is 0.445 e. The van der Waals surface area contributed by atoms with Gasteiger partial charge in [-0.05, 0) is 24.3 Å². The monoisotopic (exact) mass is 567 g/mol. The van der Waals surface area contributed by atoms with Crippen molar-refractivity contribution in [1.29, 1.82) is 0 Å². The Bertz CT molecular complexity index is 1600. The average molecular weight is 568 g/mol. The van der Waals surface area contributed by atoms with E-state index in [1.807, 2.05) is 18.2 Å². The number of hydrogen-bond acceptors (Lipinski definition) is 7. The highest BCUT2D eigenvalue weighted by atomic mass is 32.1. The molecule has 1 N–H and O–H groups in total. The number of aromatic nitrogens is 3. The number of benzene rings is 2. The summed E-state index contributed by atoms with van der Waals surface area (Å²) in [4.78, 5) is 32.0. The molecule has 12 heteroatoms. The summed E-state index contributed by atoms with van der Waals surface area (Å²) in [5.41, 5.74) is 2.15. The second-order valence-electron chi connectivity index (χ2n) is 10.0. The van der Waals surface area contributed by atoms with Gasteiger partial charge >= 0.3 is 6.18 Å². The molecule has 1 aliphatic heterocycles. The number of carbonyl (C=O) groups excluding carboxylic acids is 2. The lowest BCUT2D eigenvalue weighted by Gasteiger charge is -2.37. The standard InChI is InChI=1S/C28H24F3N5O3S/c1-27(2,24(38)33-26-35-34-25(40-26)28(29,30)31)21-17-7-5-6-8-20(17)39-22-18(21)13-14-19(32-22)15-9-11-16(12-10-15)23(37)36(3)4/h5-14,21H,1-4H3,(H,33,35,38)/t21-/m0/s1. The number of halogens is 3. The zero-order valence-electron chi connectivity index (χ0n) is 21.9. The molecule has 0 radical (unpaired) electrons. The van der Waals surface area contributed by atoms with Crippen LogP contribution in [-0.2, 0) is 11.0 Å². The maximum absolute atomic E-state index is 13.5. The first-order chi connectivity index (χ1) is 18.9. The minimum absolute atomic E-state index is 0.114. The number of anilines is 1. The van der Waals surface area contributed by atoms with Gasteiger partial charge in [0.15, 0.2) is 0 Å². The molecule has 3 heterocycles. The molecule has 2 aromatic heterocycles. The Morgan fingerprint density at radius 1 is 0.950 bits per heavy atom. The molecule has 1 aliphatic rings. The first-order valence-electron chi connectivity index (χ1n) is 12.2. The van der Waals surface area contributed by atoms with Crippen molar-refractivity contribution < 1.29 is 27.5 Å². The van der Waals surface area contributed by atoms with Gasteiger partial charge in [-0.15, -0.1) is 10.2 Å². The molecular formula is C28H24F3N5O3S. The SMILES string of the molecule is CN(C)C(=O)c1ccc(-c2ccc3c(n2)Oc2ccccc2[C@@H]3C(C)(C)C(=O)Nc2nnc(C(F)(F)F)s2)cc1. The van der Waals surface area contributed by atoms with Gasteiger partial charge in [-0.2, -0.15) is 13.2 Å². The number of para-hydroxylation sites is 1. The number of nitrogens with zero attached hydrogens (tertiary/aromatic N) is 4. The van der Waals surface area contributed by atoms with E-state index < -0.39 is 28.4 Å². The Hall–Kier alpha value is -4.32. The zero-order valence-corrected chi connectivity index (χ0v) is 22.7. The Labute approximate surface area is 231 Å². The molecule has 0 saturated carbocycles. The first kappa shape index (κ1) is 27.3. The van der Waals surface area contributed by atoms with Crippen LogP contribution in [0.2, 0.25) is 0 Å². The summed E-state index contributed by atoms with van der Waals surface area (Å²) in [7, 11) is 3.37. The van der Waals surface area contributed by atoms with Crippen LogP contribution in [0.1, 0.15) is 46.3 Å². The fourth-order valence-corrected chi connectivity index (χ4v) is 5.20. The summed E-state index contributed by atoms with van der Waals surface area (Å²) in [5, 5.41) is 7.77. The molecule has 0 bridgehead atoms. The first-order valence-corrected chi connectivity index (χ1v) is 13.0. The summed E-state index contributed by atoms with van der Waals surface area (Å²) in [6.07, 6.45) is -4.65. The van der Waals surface area contributed by atoms with Crippen LogP contribution >= 0.6 is 11.3 Å². The number of fused-ring (bicyclic) bond motifs is 2. The van der Waals surface area contributed by atoms with Crippen molar-refractivity contribution >= 4 is 28.3 Å². The van der Waals surface area contributed by atoms with E-state index in [2.05, 4.69) is 15.5 Å². The molecule has 4 aromatic rings. The van der Waals surface area contributed by atoms with E-state index in [-0.39, 0.29) is 22.4 Å². The van der Waals surface area contributed by atoms with E-state index in [0.717, 1.165) is 11.1 Å². The second kappa shape index (κ2) is 10.0. The lowest BCUT2D eigenvalue weighted by Crippen LogP contribution is -2.38. The molecule has 0 aliphatic carbocycles. The summed E-state index contributed by atoms with van der Waals surface area (Å²) in [6.45, 7) is 3.41. The number of hydrogen-bond donors (Lipinski definition) is 1. The van der Waals surface area contributed by atoms with Gasteiger partial charge in [-0.3, -0.25) is 9.59 Å². The van der Waals surface area contributed by atoms with E-state index in [9.17, 15) is 22.8 Å². The zero-order chi connectivity index (χ0) is 28.8. The van der Waals surface area contributed by atoms with Crippen LogP contribution in [0.5, 0.6) is 11.6 Å². The highest BCUT2D eigenvalue weighted by molar-refractivity contribution is 7.15. The topological polar surface area (TPSA) is 97.3 Å². The molecular weight excluding hydrogens is 543 g/mol. The van der Waals surface area contributed by atoms with E-state index in [4.69, 9.17) is 9.72 Å². The number of pyridine rings is 1.